The third-order valence-corrected chi connectivity index (χ3v) is 8.69. The molecule has 2 atom stereocenters. The Morgan fingerprint density at radius 3 is 2.16 bits per heavy atom. The van der Waals surface area contributed by atoms with Crippen LogP contribution in [0.5, 0.6) is 5.75 Å². The topological polar surface area (TPSA) is 82.5 Å². The molecule has 8 heteroatoms. The number of ether oxygens (including phenoxy) is 2. The summed E-state index contributed by atoms with van der Waals surface area (Å²) >= 11 is 3.48. The monoisotopic (exact) mass is 659 g/mol. The molecule has 0 saturated heterocycles. The Balaban J connectivity index is 1.44. The van der Waals surface area contributed by atoms with Crippen LogP contribution in [0.15, 0.2) is 89.5 Å². The van der Waals surface area contributed by atoms with Gasteiger partial charge in [-0.3, -0.25) is 4.79 Å². The fraction of sp³-hybridized carbons (Fsp3) is 0.361. The van der Waals surface area contributed by atoms with E-state index in [2.05, 4.69) is 48.9 Å². The molecule has 0 bridgehead atoms. The van der Waals surface area contributed by atoms with Crippen molar-refractivity contribution in [3.05, 3.63) is 95.1 Å². The summed E-state index contributed by atoms with van der Waals surface area (Å²) in [5, 5.41) is 7.79. The lowest BCUT2D eigenvalue weighted by Crippen LogP contribution is -2.36. The summed E-state index contributed by atoms with van der Waals surface area (Å²) in [6, 6.07) is 24.9. The summed E-state index contributed by atoms with van der Waals surface area (Å²) in [6.07, 6.45) is 5.35. The van der Waals surface area contributed by atoms with Gasteiger partial charge in [0.2, 0.25) is 0 Å². The minimum absolute atomic E-state index is 0.182. The highest BCUT2D eigenvalue weighted by Gasteiger charge is 2.28. The second kappa shape index (κ2) is 14.8. The Kier molecular flexibility index (Phi) is 11.2. The number of nitrogens with one attached hydrogen (secondary N) is 1. The molecule has 2 unspecified atom stereocenters. The van der Waals surface area contributed by atoms with Gasteiger partial charge in [-0.15, -0.1) is 0 Å². The molecule has 0 fully saturated rings. The lowest BCUT2D eigenvalue weighted by Gasteiger charge is -2.33. The molecule has 44 heavy (non-hydrogen) atoms. The molecule has 1 amide bonds. The van der Waals surface area contributed by atoms with E-state index >= 15 is 0 Å². The van der Waals surface area contributed by atoms with E-state index in [4.69, 9.17) is 14.6 Å². The van der Waals surface area contributed by atoms with Gasteiger partial charge in [-0.1, -0.05) is 60.1 Å². The largest absolute Gasteiger partial charge is 0.488 e. The van der Waals surface area contributed by atoms with Gasteiger partial charge in [0.05, 0.1) is 23.5 Å². The SMILES string of the molecule is CCC(C)(CCC(C)=O)OCCC(C)(CC)Oc1ccc(NC(=O)c2cn(-c3ccccc3)nc2-c2ccc(Br)cc2)cc1. The summed E-state index contributed by atoms with van der Waals surface area (Å²) in [6.45, 7) is 10.5. The van der Waals surface area contributed by atoms with Crippen LogP contribution in [-0.2, 0) is 9.53 Å². The summed E-state index contributed by atoms with van der Waals surface area (Å²) < 4.78 is 15.4. The Morgan fingerprint density at radius 1 is 0.886 bits per heavy atom. The average Bonchev–Trinajstić information content (AvgIpc) is 3.48. The predicted octanol–water partition coefficient (Wildman–Crippen LogP) is 9.05. The summed E-state index contributed by atoms with van der Waals surface area (Å²) in [7, 11) is 0. The minimum Gasteiger partial charge on any atom is -0.488 e. The quantitative estimate of drug-likeness (QED) is 0.138. The Labute approximate surface area is 269 Å². The van der Waals surface area contributed by atoms with Crippen molar-refractivity contribution in [2.75, 3.05) is 11.9 Å². The number of hydrogen-bond acceptors (Lipinski definition) is 5. The van der Waals surface area contributed by atoms with Gasteiger partial charge < -0.3 is 19.6 Å². The first-order valence-corrected chi connectivity index (χ1v) is 16.0. The van der Waals surface area contributed by atoms with E-state index in [1.54, 1.807) is 17.8 Å². The summed E-state index contributed by atoms with van der Waals surface area (Å²) in [5.41, 5.74) is 2.68. The molecule has 0 saturated carbocycles. The molecular formula is C36H42BrN3O4. The van der Waals surface area contributed by atoms with Crippen molar-refractivity contribution in [3.8, 4) is 22.7 Å². The predicted molar refractivity (Wildman–Crippen MR) is 180 cm³/mol. The van der Waals surface area contributed by atoms with Crippen LogP contribution in [0.25, 0.3) is 16.9 Å². The van der Waals surface area contributed by atoms with E-state index in [9.17, 15) is 9.59 Å². The first-order valence-electron chi connectivity index (χ1n) is 15.2. The molecule has 1 aromatic heterocycles. The molecule has 1 heterocycles. The highest BCUT2D eigenvalue weighted by atomic mass is 79.9. The van der Waals surface area contributed by atoms with Crippen molar-refractivity contribution in [2.24, 2.45) is 0 Å². The molecule has 0 aliphatic heterocycles. The zero-order valence-electron chi connectivity index (χ0n) is 26.2. The van der Waals surface area contributed by atoms with Crippen LogP contribution in [-0.4, -0.2) is 39.3 Å². The van der Waals surface area contributed by atoms with Gasteiger partial charge in [0.25, 0.3) is 5.91 Å². The number of carbonyl (C=O) groups excluding carboxylic acids is 2. The number of ketones is 1. The van der Waals surface area contributed by atoms with Crippen LogP contribution >= 0.6 is 15.9 Å². The molecule has 4 rings (SSSR count). The number of amides is 1. The average molecular weight is 661 g/mol. The van der Waals surface area contributed by atoms with Crippen LogP contribution in [0.3, 0.4) is 0 Å². The van der Waals surface area contributed by atoms with E-state index in [0.29, 0.717) is 42.8 Å². The van der Waals surface area contributed by atoms with Crippen LogP contribution in [0.4, 0.5) is 5.69 Å². The van der Waals surface area contributed by atoms with Gasteiger partial charge in [-0.25, -0.2) is 4.68 Å². The number of Topliss-reactive ketones (excluding diaryl/α,β-unsaturated/α-hetero) is 1. The molecule has 1 N–H and O–H groups in total. The molecule has 0 aliphatic carbocycles. The van der Waals surface area contributed by atoms with Crippen molar-refractivity contribution in [1.29, 1.82) is 0 Å². The normalized spacial score (nSPS) is 14.0. The van der Waals surface area contributed by atoms with E-state index in [1.807, 2.05) is 78.9 Å². The first kappa shape index (κ1) is 33.1. The lowest BCUT2D eigenvalue weighted by molar-refractivity contribution is -0.119. The number of para-hydroxylation sites is 1. The molecule has 4 aromatic rings. The number of anilines is 1. The number of rotatable bonds is 15. The van der Waals surface area contributed by atoms with E-state index in [1.165, 1.54) is 0 Å². The van der Waals surface area contributed by atoms with E-state index < -0.39 is 5.60 Å². The molecule has 7 nitrogen and oxygen atoms in total. The second-order valence-corrected chi connectivity index (χ2v) is 12.6. The number of benzene rings is 3. The number of halogens is 1. The zero-order chi connectivity index (χ0) is 31.7. The Morgan fingerprint density at radius 2 is 1.55 bits per heavy atom. The van der Waals surface area contributed by atoms with Crippen molar-refractivity contribution >= 4 is 33.3 Å². The van der Waals surface area contributed by atoms with Crippen molar-refractivity contribution in [2.45, 2.75) is 77.9 Å². The number of hydrogen-bond donors (Lipinski definition) is 1. The lowest BCUT2D eigenvalue weighted by atomic mass is 9.95. The second-order valence-electron chi connectivity index (χ2n) is 11.7. The minimum atomic E-state index is -0.425. The first-order chi connectivity index (χ1) is 21.0. The van der Waals surface area contributed by atoms with Crippen LogP contribution in [0, 0.1) is 0 Å². The fourth-order valence-corrected chi connectivity index (χ4v) is 5.03. The van der Waals surface area contributed by atoms with Gasteiger partial charge in [0, 0.05) is 34.8 Å². The Hall–Kier alpha value is -3.75. The molecule has 0 aliphatic rings. The third-order valence-electron chi connectivity index (χ3n) is 8.16. The maximum Gasteiger partial charge on any atom is 0.259 e. The highest BCUT2D eigenvalue weighted by Crippen LogP contribution is 2.30. The van der Waals surface area contributed by atoms with Gasteiger partial charge >= 0.3 is 0 Å². The number of nitrogens with zero attached hydrogens (tertiary/aromatic N) is 2. The molecule has 0 radical (unpaired) electrons. The van der Waals surface area contributed by atoms with Gasteiger partial charge in [0.1, 0.15) is 22.8 Å². The highest BCUT2D eigenvalue weighted by molar-refractivity contribution is 9.10. The summed E-state index contributed by atoms with van der Waals surface area (Å²) in [4.78, 5) is 25.0. The van der Waals surface area contributed by atoms with Crippen LogP contribution in [0.1, 0.15) is 77.1 Å². The molecule has 232 valence electrons. The number of aromatic nitrogens is 2. The maximum atomic E-state index is 13.6. The zero-order valence-corrected chi connectivity index (χ0v) is 27.8. The van der Waals surface area contributed by atoms with Gasteiger partial charge in [-0.2, -0.15) is 5.10 Å². The molecule has 3 aromatic carbocycles. The van der Waals surface area contributed by atoms with Gasteiger partial charge in [-0.05, 0) is 88.6 Å². The third kappa shape index (κ3) is 8.89. The summed E-state index contributed by atoms with van der Waals surface area (Å²) in [5.74, 6) is 0.648. The molecular weight excluding hydrogens is 618 g/mol. The standard InChI is InChI=1S/C36H42BrN3O4/c1-6-35(4,22-21-26(3)41)43-24-23-36(5,7-2)44-31-19-17-29(18-20-31)38-34(42)32-25-40(30-11-9-8-10-12-30)39-33(32)27-13-15-28(37)16-14-27/h8-20,25H,6-7,21-24H2,1-5H3,(H,38,42). The van der Waals surface area contributed by atoms with E-state index in [-0.39, 0.29) is 17.3 Å². The number of carbonyl (C=O) groups is 2. The van der Waals surface area contributed by atoms with Crippen molar-refractivity contribution < 1.29 is 19.1 Å². The van der Waals surface area contributed by atoms with E-state index in [0.717, 1.165) is 34.3 Å². The smallest absolute Gasteiger partial charge is 0.259 e. The Bertz CT molecular complexity index is 1540. The maximum absolute atomic E-state index is 13.6. The van der Waals surface area contributed by atoms with Crippen molar-refractivity contribution in [3.63, 3.8) is 0 Å². The van der Waals surface area contributed by atoms with Crippen LogP contribution in [0.2, 0.25) is 0 Å². The molecule has 0 spiro atoms. The fourth-order valence-electron chi connectivity index (χ4n) is 4.77. The van der Waals surface area contributed by atoms with Gasteiger partial charge in [0.15, 0.2) is 0 Å². The van der Waals surface area contributed by atoms with Crippen LogP contribution < -0.4 is 10.1 Å². The van der Waals surface area contributed by atoms with Crippen molar-refractivity contribution in [1.82, 2.24) is 9.78 Å².